The van der Waals surface area contributed by atoms with Crippen LogP contribution in [0.1, 0.15) is 36.3 Å². The minimum absolute atomic E-state index is 0.0121. The van der Waals surface area contributed by atoms with Crippen molar-refractivity contribution in [2.75, 3.05) is 0 Å². The number of benzene rings is 2. The molecule has 0 radical (unpaired) electrons. The van der Waals surface area contributed by atoms with Gasteiger partial charge < -0.3 is 9.88 Å². The number of aromatic nitrogens is 2. The van der Waals surface area contributed by atoms with E-state index in [9.17, 15) is 4.79 Å². The largest absolute Gasteiger partial charge is 0.342 e. The predicted molar refractivity (Wildman–Crippen MR) is 94.5 cm³/mol. The molecule has 0 saturated carbocycles. The van der Waals surface area contributed by atoms with Crippen LogP contribution in [0.3, 0.4) is 0 Å². The number of imidazole rings is 1. The number of nitrogens with one attached hydrogen (secondary N) is 1. The van der Waals surface area contributed by atoms with Crippen molar-refractivity contribution in [1.82, 2.24) is 14.9 Å². The molecule has 3 aromatic rings. The Kier molecular flexibility index (Phi) is 5.06. The second kappa shape index (κ2) is 7.59. The van der Waals surface area contributed by atoms with Gasteiger partial charge in [-0.2, -0.15) is 0 Å². The highest BCUT2D eigenvalue weighted by Gasteiger charge is 2.20. The van der Waals surface area contributed by atoms with Gasteiger partial charge in [0.2, 0.25) is 5.91 Å². The zero-order valence-corrected chi connectivity index (χ0v) is 13.7. The van der Waals surface area contributed by atoms with Crippen LogP contribution >= 0.6 is 0 Å². The van der Waals surface area contributed by atoms with Gasteiger partial charge in [0.05, 0.1) is 0 Å². The lowest BCUT2D eigenvalue weighted by atomic mass is 10.1. The van der Waals surface area contributed by atoms with Crippen LogP contribution in [0.15, 0.2) is 73.1 Å². The fraction of sp³-hybridized carbons (Fsp3) is 0.200. The maximum Gasteiger partial charge on any atom is 0.220 e. The van der Waals surface area contributed by atoms with E-state index < -0.39 is 0 Å². The highest BCUT2D eigenvalue weighted by atomic mass is 16.1. The summed E-state index contributed by atoms with van der Waals surface area (Å²) >= 11 is 0. The molecule has 122 valence electrons. The molecule has 1 heterocycles. The molecular formula is C20H21N3O. The average Bonchev–Trinajstić information content (AvgIpc) is 3.09. The van der Waals surface area contributed by atoms with E-state index in [0.717, 1.165) is 17.9 Å². The topological polar surface area (TPSA) is 46.9 Å². The summed E-state index contributed by atoms with van der Waals surface area (Å²) in [5, 5.41) is 3.09. The maximum absolute atomic E-state index is 12.0. The minimum atomic E-state index is -0.252. The van der Waals surface area contributed by atoms with E-state index in [4.69, 9.17) is 0 Å². The van der Waals surface area contributed by atoms with Crippen LogP contribution in [0.4, 0.5) is 0 Å². The Labute approximate surface area is 142 Å². The van der Waals surface area contributed by atoms with Crippen LogP contribution in [0.2, 0.25) is 0 Å². The zero-order valence-electron chi connectivity index (χ0n) is 13.7. The van der Waals surface area contributed by atoms with Crippen LogP contribution in [-0.2, 0) is 11.3 Å². The number of carbonyl (C=O) groups excluding carboxylic acids is 1. The zero-order chi connectivity index (χ0) is 16.8. The Bertz CT molecular complexity index is 781. The highest BCUT2D eigenvalue weighted by molar-refractivity contribution is 5.76. The van der Waals surface area contributed by atoms with Crippen LogP contribution in [0.5, 0.6) is 0 Å². The van der Waals surface area contributed by atoms with Gasteiger partial charge in [-0.1, -0.05) is 67.6 Å². The van der Waals surface area contributed by atoms with Crippen molar-refractivity contribution in [2.45, 2.75) is 25.9 Å². The van der Waals surface area contributed by atoms with Gasteiger partial charge in [0.1, 0.15) is 11.9 Å². The molecule has 0 saturated heterocycles. The number of amides is 1. The quantitative estimate of drug-likeness (QED) is 0.755. The van der Waals surface area contributed by atoms with Gasteiger partial charge in [-0.15, -0.1) is 0 Å². The molecule has 1 N–H and O–H groups in total. The summed E-state index contributed by atoms with van der Waals surface area (Å²) in [5.41, 5.74) is 2.23. The molecule has 0 aliphatic carbocycles. The minimum Gasteiger partial charge on any atom is -0.342 e. The van der Waals surface area contributed by atoms with Gasteiger partial charge >= 0.3 is 0 Å². The van der Waals surface area contributed by atoms with E-state index in [1.54, 1.807) is 6.20 Å². The lowest BCUT2D eigenvalue weighted by Crippen LogP contribution is -2.30. The molecular weight excluding hydrogens is 298 g/mol. The Morgan fingerprint density at radius 1 is 1.08 bits per heavy atom. The Balaban J connectivity index is 1.93. The van der Waals surface area contributed by atoms with Crippen LogP contribution in [0, 0.1) is 0 Å². The van der Waals surface area contributed by atoms with Crippen molar-refractivity contribution >= 4 is 5.91 Å². The molecule has 1 unspecified atom stereocenters. The second-order valence-electron chi connectivity index (χ2n) is 5.66. The van der Waals surface area contributed by atoms with E-state index >= 15 is 0 Å². The third kappa shape index (κ3) is 3.71. The number of hydrogen-bond donors (Lipinski definition) is 1. The normalized spacial score (nSPS) is 11.9. The second-order valence-corrected chi connectivity index (χ2v) is 5.66. The first-order valence-corrected chi connectivity index (χ1v) is 8.17. The Morgan fingerprint density at radius 3 is 2.42 bits per heavy atom. The van der Waals surface area contributed by atoms with E-state index in [1.807, 2.05) is 61.7 Å². The van der Waals surface area contributed by atoms with Crippen LogP contribution < -0.4 is 5.32 Å². The van der Waals surface area contributed by atoms with Gasteiger partial charge in [-0.25, -0.2) is 4.98 Å². The summed E-state index contributed by atoms with van der Waals surface area (Å²) in [5.74, 6) is 0.852. The summed E-state index contributed by atoms with van der Waals surface area (Å²) in [6.07, 6.45) is 4.19. The molecule has 1 aromatic heterocycles. The van der Waals surface area contributed by atoms with Crippen molar-refractivity contribution in [2.24, 2.45) is 0 Å². The smallest absolute Gasteiger partial charge is 0.220 e. The number of carbonyl (C=O) groups is 1. The van der Waals surface area contributed by atoms with Crippen molar-refractivity contribution in [1.29, 1.82) is 0 Å². The molecule has 0 spiro atoms. The van der Waals surface area contributed by atoms with Gasteiger partial charge in [0, 0.05) is 25.4 Å². The number of nitrogens with zero attached hydrogens (tertiary/aromatic N) is 2. The highest BCUT2D eigenvalue weighted by Crippen LogP contribution is 2.21. The van der Waals surface area contributed by atoms with E-state index in [-0.39, 0.29) is 11.9 Å². The van der Waals surface area contributed by atoms with Gasteiger partial charge in [-0.3, -0.25) is 4.79 Å². The first kappa shape index (κ1) is 16.0. The molecule has 0 aliphatic heterocycles. The SMILES string of the molecule is CCC(=O)NC(c1ccccc1)c1nccn1Cc1ccccc1. The third-order valence-corrected chi connectivity index (χ3v) is 3.96. The standard InChI is InChI=1S/C20H21N3O/c1-2-18(24)22-19(17-11-7-4-8-12-17)20-21-13-14-23(20)15-16-9-5-3-6-10-16/h3-14,19H,2,15H2,1H3,(H,22,24). The first-order valence-electron chi connectivity index (χ1n) is 8.17. The first-order chi connectivity index (χ1) is 11.8. The Hall–Kier alpha value is -2.88. The van der Waals surface area contributed by atoms with Crippen molar-refractivity contribution in [3.05, 3.63) is 90.0 Å². The number of hydrogen-bond acceptors (Lipinski definition) is 2. The maximum atomic E-state index is 12.0. The summed E-state index contributed by atoms with van der Waals surface area (Å²) in [4.78, 5) is 16.5. The molecule has 3 rings (SSSR count). The number of rotatable bonds is 6. The molecule has 0 aliphatic rings. The van der Waals surface area contributed by atoms with Crippen molar-refractivity contribution < 1.29 is 4.79 Å². The summed E-state index contributed by atoms with van der Waals surface area (Å²) in [6.45, 7) is 2.58. The summed E-state index contributed by atoms with van der Waals surface area (Å²) in [7, 11) is 0. The predicted octanol–water partition coefficient (Wildman–Crippen LogP) is 3.55. The van der Waals surface area contributed by atoms with Crippen molar-refractivity contribution in [3.63, 3.8) is 0 Å². The Morgan fingerprint density at radius 2 is 1.75 bits per heavy atom. The molecule has 4 heteroatoms. The fourth-order valence-corrected chi connectivity index (χ4v) is 2.70. The average molecular weight is 319 g/mol. The lowest BCUT2D eigenvalue weighted by molar-refractivity contribution is -0.121. The van der Waals surface area contributed by atoms with E-state index in [2.05, 4.69) is 27.0 Å². The molecule has 2 aromatic carbocycles. The molecule has 0 fully saturated rings. The van der Waals surface area contributed by atoms with Gasteiger partial charge in [-0.05, 0) is 11.1 Å². The van der Waals surface area contributed by atoms with E-state index in [0.29, 0.717) is 6.42 Å². The van der Waals surface area contributed by atoms with Crippen molar-refractivity contribution in [3.8, 4) is 0 Å². The fourth-order valence-electron chi connectivity index (χ4n) is 2.70. The molecule has 1 amide bonds. The summed E-state index contributed by atoms with van der Waals surface area (Å²) in [6, 6.07) is 19.9. The van der Waals surface area contributed by atoms with Crippen LogP contribution in [0.25, 0.3) is 0 Å². The van der Waals surface area contributed by atoms with E-state index in [1.165, 1.54) is 5.56 Å². The molecule has 1 atom stereocenters. The summed E-state index contributed by atoms with van der Waals surface area (Å²) < 4.78 is 2.09. The van der Waals surface area contributed by atoms with Gasteiger partial charge in [0.15, 0.2) is 0 Å². The lowest BCUT2D eigenvalue weighted by Gasteiger charge is -2.20. The third-order valence-electron chi connectivity index (χ3n) is 3.96. The molecule has 0 bridgehead atoms. The molecule has 4 nitrogen and oxygen atoms in total. The van der Waals surface area contributed by atoms with Gasteiger partial charge in [0.25, 0.3) is 0 Å². The van der Waals surface area contributed by atoms with Crippen LogP contribution in [-0.4, -0.2) is 15.5 Å². The molecule has 24 heavy (non-hydrogen) atoms. The monoisotopic (exact) mass is 319 g/mol.